The summed E-state index contributed by atoms with van der Waals surface area (Å²) in [7, 11) is 1.42. The normalized spacial score (nSPS) is 18.4. The van der Waals surface area contributed by atoms with E-state index in [1.165, 1.54) is 13.5 Å². The molecule has 0 aliphatic heterocycles. The first-order valence-electron chi connectivity index (χ1n) is 3.71. The molecule has 11 heavy (non-hydrogen) atoms. The zero-order valence-electron chi connectivity index (χ0n) is 6.52. The van der Waals surface area contributed by atoms with Crippen LogP contribution in [0.2, 0.25) is 0 Å². The minimum Gasteiger partial charge on any atom is -0.466 e. The minimum atomic E-state index is -0.184. The third-order valence-electron chi connectivity index (χ3n) is 1.83. The highest BCUT2D eigenvalue weighted by atomic mass is 79.9. The van der Waals surface area contributed by atoms with Gasteiger partial charge in [-0.2, -0.15) is 0 Å². The number of carbonyl (C=O) groups is 1. The highest BCUT2D eigenvalue weighted by Gasteiger charge is 2.17. The highest BCUT2D eigenvalue weighted by molar-refractivity contribution is 9.11. The predicted molar refractivity (Wildman–Crippen MR) is 46.4 cm³/mol. The van der Waals surface area contributed by atoms with E-state index in [1.54, 1.807) is 0 Å². The van der Waals surface area contributed by atoms with Gasteiger partial charge in [0.2, 0.25) is 0 Å². The molecule has 0 radical (unpaired) electrons. The quantitative estimate of drug-likeness (QED) is 0.633. The topological polar surface area (TPSA) is 26.3 Å². The Kier molecular flexibility index (Phi) is 3.12. The summed E-state index contributed by atoms with van der Waals surface area (Å²) in [5, 5.41) is 0. The third-order valence-corrected chi connectivity index (χ3v) is 2.71. The fraction of sp³-hybridized carbons (Fsp3) is 0.625. The summed E-state index contributed by atoms with van der Waals surface area (Å²) in [5.41, 5.74) is 0.818. The van der Waals surface area contributed by atoms with Gasteiger partial charge < -0.3 is 4.74 Å². The van der Waals surface area contributed by atoms with Gasteiger partial charge in [-0.3, -0.25) is 0 Å². The number of esters is 1. The van der Waals surface area contributed by atoms with Crippen molar-refractivity contribution in [2.75, 3.05) is 7.11 Å². The lowest BCUT2D eigenvalue weighted by molar-refractivity contribution is -0.136. The molecule has 0 atom stereocenters. The zero-order chi connectivity index (χ0) is 8.27. The van der Waals surface area contributed by atoms with Gasteiger partial charge in [0.15, 0.2) is 0 Å². The van der Waals surface area contributed by atoms with Crippen LogP contribution < -0.4 is 0 Å². The van der Waals surface area contributed by atoms with E-state index in [4.69, 9.17) is 0 Å². The fourth-order valence-corrected chi connectivity index (χ4v) is 1.84. The molecular formula is C8H11BrO2. The zero-order valence-corrected chi connectivity index (χ0v) is 8.11. The van der Waals surface area contributed by atoms with Gasteiger partial charge in [0.1, 0.15) is 0 Å². The van der Waals surface area contributed by atoms with Crippen LogP contribution in [0.15, 0.2) is 10.1 Å². The van der Waals surface area contributed by atoms with Crippen molar-refractivity contribution in [2.45, 2.75) is 25.7 Å². The molecule has 0 bridgehead atoms. The van der Waals surface area contributed by atoms with Gasteiger partial charge in [-0.15, -0.1) is 0 Å². The molecule has 0 spiro atoms. The summed E-state index contributed by atoms with van der Waals surface area (Å²) in [6.45, 7) is 0. The summed E-state index contributed by atoms with van der Waals surface area (Å²) in [6, 6.07) is 0. The van der Waals surface area contributed by atoms with Crippen LogP contribution in [0.1, 0.15) is 25.7 Å². The smallest absolute Gasteiger partial charge is 0.334 e. The van der Waals surface area contributed by atoms with E-state index in [1.807, 2.05) is 0 Å². The van der Waals surface area contributed by atoms with E-state index in [-0.39, 0.29) is 5.97 Å². The second kappa shape index (κ2) is 3.90. The Morgan fingerprint density at radius 1 is 1.45 bits per heavy atom. The van der Waals surface area contributed by atoms with Crippen LogP contribution in [0.5, 0.6) is 0 Å². The number of hydrogen-bond acceptors (Lipinski definition) is 2. The van der Waals surface area contributed by atoms with E-state index in [0.29, 0.717) is 0 Å². The molecule has 62 valence electrons. The van der Waals surface area contributed by atoms with Gasteiger partial charge in [-0.25, -0.2) is 4.79 Å². The van der Waals surface area contributed by atoms with Crippen molar-refractivity contribution in [2.24, 2.45) is 0 Å². The van der Waals surface area contributed by atoms with Crippen molar-refractivity contribution in [3.63, 3.8) is 0 Å². The Balaban J connectivity index is 2.74. The Hall–Kier alpha value is -0.310. The molecular weight excluding hydrogens is 208 g/mol. The SMILES string of the molecule is COC(=O)C1=C(Br)CCCC1. The van der Waals surface area contributed by atoms with Gasteiger partial charge >= 0.3 is 5.97 Å². The molecule has 0 unspecified atom stereocenters. The first-order valence-corrected chi connectivity index (χ1v) is 4.51. The van der Waals surface area contributed by atoms with Crippen molar-refractivity contribution in [1.82, 2.24) is 0 Å². The first-order chi connectivity index (χ1) is 5.25. The van der Waals surface area contributed by atoms with Crippen LogP contribution in [-0.2, 0) is 9.53 Å². The minimum absolute atomic E-state index is 0.184. The largest absolute Gasteiger partial charge is 0.466 e. The van der Waals surface area contributed by atoms with Gasteiger partial charge in [0.05, 0.1) is 7.11 Å². The van der Waals surface area contributed by atoms with Crippen molar-refractivity contribution >= 4 is 21.9 Å². The van der Waals surface area contributed by atoms with Crippen LogP contribution in [0.25, 0.3) is 0 Å². The summed E-state index contributed by atoms with van der Waals surface area (Å²) < 4.78 is 5.66. The van der Waals surface area contributed by atoms with Crippen LogP contribution >= 0.6 is 15.9 Å². The number of rotatable bonds is 1. The molecule has 2 nitrogen and oxygen atoms in total. The molecule has 1 rings (SSSR count). The van der Waals surface area contributed by atoms with Crippen molar-refractivity contribution in [3.05, 3.63) is 10.1 Å². The second-order valence-electron chi connectivity index (χ2n) is 2.58. The number of carbonyl (C=O) groups excluding carboxylic acids is 1. The van der Waals surface area contributed by atoms with Crippen LogP contribution in [0, 0.1) is 0 Å². The third kappa shape index (κ3) is 2.06. The van der Waals surface area contributed by atoms with Gasteiger partial charge in [0, 0.05) is 10.1 Å². The molecule has 0 aromatic rings. The van der Waals surface area contributed by atoms with Gasteiger partial charge in [0.25, 0.3) is 0 Å². The van der Waals surface area contributed by atoms with Gasteiger partial charge in [-0.05, 0) is 25.7 Å². The Morgan fingerprint density at radius 2 is 2.09 bits per heavy atom. The van der Waals surface area contributed by atoms with E-state index >= 15 is 0 Å². The lowest BCUT2D eigenvalue weighted by atomic mass is 10.00. The van der Waals surface area contributed by atoms with E-state index < -0.39 is 0 Å². The maximum atomic E-state index is 11.1. The Labute approximate surface area is 74.7 Å². The summed E-state index contributed by atoms with van der Waals surface area (Å²) in [6.07, 6.45) is 4.10. The lowest BCUT2D eigenvalue weighted by Gasteiger charge is -2.13. The molecule has 0 amide bonds. The summed E-state index contributed by atoms with van der Waals surface area (Å²) in [4.78, 5) is 11.1. The maximum Gasteiger partial charge on any atom is 0.334 e. The van der Waals surface area contributed by atoms with E-state index in [2.05, 4.69) is 20.7 Å². The predicted octanol–water partition coefficient (Wildman–Crippen LogP) is 2.38. The Morgan fingerprint density at radius 3 is 2.64 bits per heavy atom. The van der Waals surface area contributed by atoms with Gasteiger partial charge in [-0.1, -0.05) is 15.9 Å². The summed E-state index contributed by atoms with van der Waals surface area (Å²) >= 11 is 3.37. The average Bonchev–Trinajstić information content (AvgIpc) is 2.04. The van der Waals surface area contributed by atoms with Crippen LogP contribution in [-0.4, -0.2) is 13.1 Å². The monoisotopic (exact) mass is 218 g/mol. The molecule has 1 aliphatic carbocycles. The molecule has 1 aliphatic rings. The van der Waals surface area contributed by atoms with Crippen molar-refractivity contribution in [3.8, 4) is 0 Å². The number of hydrogen-bond donors (Lipinski definition) is 0. The maximum absolute atomic E-state index is 11.1. The molecule has 0 fully saturated rings. The van der Waals surface area contributed by atoms with Crippen molar-refractivity contribution in [1.29, 1.82) is 0 Å². The highest BCUT2D eigenvalue weighted by Crippen LogP contribution is 2.29. The molecule has 3 heteroatoms. The molecule has 0 aromatic heterocycles. The lowest BCUT2D eigenvalue weighted by Crippen LogP contribution is -2.09. The molecule has 0 heterocycles. The van der Waals surface area contributed by atoms with E-state index in [0.717, 1.165) is 29.3 Å². The molecule has 0 N–H and O–H groups in total. The van der Waals surface area contributed by atoms with Crippen molar-refractivity contribution < 1.29 is 9.53 Å². The second-order valence-corrected chi connectivity index (χ2v) is 3.54. The number of ether oxygens (including phenoxy) is 1. The van der Waals surface area contributed by atoms with Crippen LogP contribution in [0.4, 0.5) is 0 Å². The average molecular weight is 219 g/mol. The number of halogens is 1. The first kappa shape index (κ1) is 8.78. The standard InChI is InChI=1S/C8H11BrO2/c1-11-8(10)6-4-2-3-5-7(6)9/h2-5H2,1H3. The van der Waals surface area contributed by atoms with E-state index in [9.17, 15) is 4.79 Å². The molecule has 0 saturated heterocycles. The van der Waals surface area contributed by atoms with Crippen LogP contribution in [0.3, 0.4) is 0 Å². The number of methoxy groups -OCH3 is 1. The fourth-order valence-electron chi connectivity index (χ4n) is 1.20. The Bertz CT molecular complexity index is 196. The number of allylic oxidation sites excluding steroid dienone is 1. The summed E-state index contributed by atoms with van der Waals surface area (Å²) in [5.74, 6) is -0.184. The molecule has 0 saturated carbocycles. The molecule has 0 aromatic carbocycles.